The first-order valence-corrected chi connectivity index (χ1v) is 7.69. The van der Waals surface area contributed by atoms with Gasteiger partial charge in [-0.2, -0.15) is 13.2 Å². The van der Waals surface area contributed by atoms with Crippen LogP contribution in [0, 0.1) is 5.92 Å². The Kier molecular flexibility index (Phi) is 5.48. The number of nitrogens with zero attached hydrogens (tertiary/aromatic N) is 1. The number of alkyl halides is 3. The van der Waals surface area contributed by atoms with E-state index in [1.165, 1.54) is 12.8 Å². The number of halogens is 3. The SMILES string of the molecule is CC(C(=O)NCC(F)(F)F)N1CCC(C2CCCN2)CC1. The van der Waals surface area contributed by atoms with E-state index in [4.69, 9.17) is 0 Å². The van der Waals surface area contributed by atoms with Crippen molar-refractivity contribution in [2.45, 2.75) is 50.9 Å². The summed E-state index contributed by atoms with van der Waals surface area (Å²) < 4.78 is 36.3. The lowest BCUT2D eigenvalue weighted by Gasteiger charge is -2.37. The molecule has 2 rings (SSSR count). The Morgan fingerprint density at radius 2 is 2.00 bits per heavy atom. The third-order valence-corrected chi connectivity index (χ3v) is 4.63. The third-order valence-electron chi connectivity index (χ3n) is 4.63. The zero-order valence-electron chi connectivity index (χ0n) is 12.4. The maximum atomic E-state index is 12.1. The van der Waals surface area contributed by atoms with Crippen LogP contribution < -0.4 is 10.6 Å². The molecule has 0 aromatic heterocycles. The van der Waals surface area contributed by atoms with Crippen LogP contribution in [0.15, 0.2) is 0 Å². The normalized spacial score (nSPS) is 26.8. The smallest absolute Gasteiger partial charge is 0.346 e. The second-order valence-corrected chi connectivity index (χ2v) is 6.09. The Morgan fingerprint density at radius 1 is 1.33 bits per heavy atom. The number of hydrogen-bond acceptors (Lipinski definition) is 3. The standard InChI is InChI=1S/C14H24F3N3O/c1-10(13(21)19-9-14(15,16)17)20-7-4-11(5-8-20)12-3-2-6-18-12/h10-12,18H,2-9H2,1H3,(H,19,21). The molecule has 2 aliphatic rings. The molecule has 21 heavy (non-hydrogen) atoms. The number of carbonyl (C=O) groups excluding carboxylic acids is 1. The molecule has 7 heteroatoms. The Balaban J connectivity index is 1.74. The number of hydrogen-bond donors (Lipinski definition) is 2. The first-order chi connectivity index (χ1) is 9.87. The van der Waals surface area contributed by atoms with Gasteiger partial charge in [-0.25, -0.2) is 0 Å². The fraction of sp³-hybridized carbons (Fsp3) is 0.929. The number of amides is 1. The molecule has 2 N–H and O–H groups in total. The van der Waals surface area contributed by atoms with E-state index >= 15 is 0 Å². The molecule has 4 nitrogen and oxygen atoms in total. The molecule has 122 valence electrons. The van der Waals surface area contributed by atoms with Crippen LogP contribution in [0.2, 0.25) is 0 Å². The molecule has 1 amide bonds. The third kappa shape index (κ3) is 4.85. The minimum Gasteiger partial charge on any atom is -0.346 e. The van der Waals surface area contributed by atoms with Crippen molar-refractivity contribution in [1.82, 2.24) is 15.5 Å². The number of piperidine rings is 1. The van der Waals surface area contributed by atoms with E-state index in [-0.39, 0.29) is 0 Å². The van der Waals surface area contributed by atoms with Gasteiger partial charge >= 0.3 is 6.18 Å². The fourth-order valence-corrected chi connectivity index (χ4v) is 3.32. The molecule has 0 aliphatic carbocycles. The summed E-state index contributed by atoms with van der Waals surface area (Å²) in [6, 6.07) is 0.0892. The van der Waals surface area contributed by atoms with Gasteiger partial charge < -0.3 is 10.6 Å². The van der Waals surface area contributed by atoms with E-state index in [1.54, 1.807) is 6.92 Å². The van der Waals surface area contributed by atoms with Gasteiger partial charge in [-0.1, -0.05) is 0 Å². The van der Waals surface area contributed by atoms with Crippen molar-refractivity contribution in [3.63, 3.8) is 0 Å². The molecule has 0 aromatic rings. The van der Waals surface area contributed by atoms with Crippen LogP contribution in [0.25, 0.3) is 0 Å². The molecule has 0 bridgehead atoms. The summed E-state index contributed by atoms with van der Waals surface area (Å²) >= 11 is 0. The molecule has 0 spiro atoms. The van der Waals surface area contributed by atoms with E-state index < -0.39 is 24.7 Å². The molecule has 2 unspecified atom stereocenters. The maximum Gasteiger partial charge on any atom is 0.405 e. The van der Waals surface area contributed by atoms with Crippen molar-refractivity contribution >= 4 is 5.91 Å². The van der Waals surface area contributed by atoms with Crippen LogP contribution in [0.4, 0.5) is 13.2 Å². The van der Waals surface area contributed by atoms with Crippen molar-refractivity contribution in [1.29, 1.82) is 0 Å². The summed E-state index contributed by atoms with van der Waals surface area (Å²) in [7, 11) is 0. The Morgan fingerprint density at radius 3 is 2.52 bits per heavy atom. The molecular weight excluding hydrogens is 283 g/mol. The van der Waals surface area contributed by atoms with Crippen molar-refractivity contribution < 1.29 is 18.0 Å². The van der Waals surface area contributed by atoms with E-state index in [2.05, 4.69) is 5.32 Å². The van der Waals surface area contributed by atoms with Crippen molar-refractivity contribution in [3.8, 4) is 0 Å². The molecule has 2 aliphatic heterocycles. The molecule has 2 saturated heterocycles. The number of nitrogens with one attached hydrogen (secondary N) is 2. The van der Waals surface area contributed by atoms with Gasteiger partial charge in [0.2, 0.25) is 5.91 Å². The topological polar surface area (TPSA) is 44.4 Å². The van der Waals surface area contributed by atoms with Gasteiger partial charge in [0.05, 0.1) is 6.04 Å². The average molecular weight is 307 g/mol. The summed E-state index contributed by atoms with van der Waals surface area (Å²) in [5, 5.41) is 5.48. The predicted molar refractivity (Wildman–Crippen MR) is 73.8 cm³/mol. The zero-order chi connectivity index (χ0) is 15.5. The van der Waals surface area contributed by atoms with Gasteiger partial charge in [0.15, 0.2) is 0 Å². The highest BCUT2D eigenvalue weighted by Gasteiger charge is 2.33. The molecule has 2 atom stereocenters. The van der Waals surface area contributed by atoms with Crippen LogP contribution >= 0.6 is 0 Å². The summed E-state index contributed by atoms with van der Waals surface area (Å²) in [6.45, 7) is 3.08. The lowest BCUT2D eigenvalue weighted by atomic mass is 9.88. The summed E-state index contributed by atoms with van der Waals surface area (Å²) in [6.07, 6.45) is 0.104. The fourth-order valence-electron chi connectivity index (χ4n) is 3.32. The van der Waals surface area contributed by atoms with Gasteiger partial charge in [0, 0.05) is 6.04 Å². The predicted octanol–water partition coefficient (Wildman–Crippen LogP) is 1.52. The minimum atomic E-state index is -4.35. The van der Waals surface area contributed by atoms with Crippen LogP contribution in [0.3, 0.4) is 0 Å². The molecular formula is C14H24F3N3O. The molecule has 0 saturated carbocycles. The first-order valence-electron chi connectivity index (χ1n) is 7.69. The Labute approximate surface area is 123 Å². The van der Waals surface area contributed by atoms with Crippen LogP contribution in [0.5, 0.6) is 0 Å². The monoisotopic (exact) mass is 307 g/mol. The lowest BCUT2D eigenvalue weighted by molar-refractivity contribution is -0.141. The highest BCUT2D eigenvalue weighted by molar-refractivity contribution is 5.81. The summed E-state index contributed by atoms with van der Waals surface area (Å²) in [5.74, 6) is 0.0963. The highest BCUT2D eigenvalue weighted by Crippen LogP contribution is 2.26. The number of likely N-dealkylation sites (tertiary alicyclic amines) is 1. The van der Waals surface area contributed by atoms with Crippen molar-refractivity contribution in [2.24, 2.45) is 5.92 Å². The van der Waals surface area contributed by atoms with Gasteiger partial charge in [0.25, 0.3) is 0 Å². The summed E-state index contributed by atoms with van der Waals surface area (Å²) in [5.41, 5.74) is 0. The van der Waals surface area contributed by atoms with Crippen molar-refractivity contribution in [2.75, 3.05) is 26.2 Å². The van der Waals surface area contributed by atoms with E-state index in [0.29, 0.717) is 12.0 Å². The van der Waals surface area contributed by atoms with E-state index in [0.717, 1.165) is 32.5 Å². The molecule has 0 radical (unpaired) electrons. The van der Waals surface area contributed by atoms with Gasteiger partial charge in [-0.05, 0) is 58.2 Å². The molecule has 0 aromatic carbocycles. The first kappa shape index (κ1) is 16.5. The van der Waals surface area contributed by atoms with Crippen LogP contribution in [0.1, 0.15) is 32.6 Å². The minimum absolute atomic E-state index is 0.496. The van der Waals surface area contributed by atoms with Crippen LogP contribution in [-0.4, -0.2) is 55.2 Å². The van der Waals surface area contributed by atoms with Gasteiger partial charge in [-0.3, -0.25) is 9.69 Å². The van der Waals surface area contributed by atoms with Crippen molar-refractivity contribution in [3.05, 3.63) is 0 Å². The maximum absolute atomic E-state index is 12.1. The second-order valence-electron chi connectivity index (χ2n) is 6.09. The largest absolute Gasteiger partial charge is 0.405 e. The quantitative estimate of drug-likeness (QED) is 0.828. The Bertz CT molecular complexity index is 348. The number of carbonyl (C=O) groups is 1. The number of rotatable bonds is 4. The van der Waals surface area contributed by atoms with E-state index in [9.17, 15) is 18.0 Å². The van der Waals surface area contributed by atoms with Gasteiger partial charge in [-0.15, -0.1) is 0 Å². The van der Waals surface area contributed by atoms with E-state index in [1.807, 2.05) is 10.2 Å². The van der Waals surface area contributed by atoms with Crippen LogP contribution in [-0.2, 0) is 4.79 Å². The molecule has 2 fully saturated rings. The Hall–Kier alpha value is -0.820. The van der Waals surface area contributed by atoms with Gasteiger partial charge in [0.1, 0.15) is 6.54 Å². The average Bonchev–Trinajstić information content (AvgIpc) is 2.97. The molecule has 2 heterocycles. The lowest BCUT2D eigenvalue weighted by Crippen LogP contribution is -2.51. The zero-order valence-corrected chi connectivity index (χ0v) is 12.4. The highest BCUT2D eigenvalue weighted by atomic mass is 19.4. The summed E-state index contributed by atoms with van der Waals surface area (Å²) in [4.78, 5) is 13.7. The second kappa shape index (κ2) is 6.96.